The van der Waals surface area contributed by atoms with Gasteiger partial charge in [0, 0.05) is 24.7 Å². The second-order valence-corrected chi connectivity index (χ2v) is 7.49. The third-order valence-electron chi connectivity index (χ3n) is 5.30. The van der Waals surface area contributed by atoms with Gasteiger partial charge in [-0.1, -0.05) is 27.7 Å². The molecule has 1 heterocycles. The van der Waals surface area contributed by atoms with E-state index < -0.39 is 0 Å². The Kier molecular flexibility index (Phi) is 5.30. The molecule has 2 rings (SSSR count). The Hall–Kier alpha value is -0.0800. The number of likely N-dealkylation sites (tertiary alicyclic amines) is 1. The van der Waals surface area contributed by atoms with Crippen LogP contribution in [0, 0.1) is 17.8 Å². The quantitative estimate of drug-likeness (QED) is 0.837. The zero-order chi connectivity index (χ0) is 14.0. The largest absolute Gasteiger partial charge is 0.312 e. The summed E-state index contributed by atoms with van der Waals surface area (Å²) in [4.78, 5) is 2.83. The van der Waals surface area contributed by atoms with Gasteiger partial charge < -0.3 is 5.32 Å². The summed E-state index contributed by atoms with van der Waals surface area (Å²) in [6.07, 6.45) is 5.41. The average Bonchev–Trinajstić information content (AvgIpc) is 2.65. The molecule has 1 aliphatic heterocycles. The smallest absolute Gasteiger partial charge is 0.0278 e. The van der Waals surface area contributed by atoms with Crippen LogP contribution in [0.25, 0.3) is 0 Å². The molecule has 0 aromatic rings. The van der Waals surface area contributed by atoms with Gasteiger partial charge in [-0.25, -0.2) is 0 Å². The van der Waals surface area contributed by atoms with E-state index in [1.807, 2.05) is 0 Å². The van der Waals surface area contributed by atoms with Crippen LogP contribution in [0.2, 0.25) is 0 Å². The van der Waals surface area contributed by atoms with Gasteiger partial charge in [-0.15, -0.1) is 0 Å². The standard InChI is InChI=1S/C17H34N2/c1-6-7-18-16-10-12(2)8-14(4)17(16)19-11-13(3)9-15(19)5/h12-18H,6-11H2,1-5H3. The van der Waals surface area contributed by atoms with Crippen molar-refractivity contribution in [2.75, 3.05) is 13.1 Å². The Morgan fingerprint density at radius 2 is 1.74 bits per heavy atom. The van der Waals surface area contributed by atoms with Crippen LogP contribution in [0.5, 0.6) is 0 Å². The van der Waals surface area contributed by atoms with Crippen molar-refractivity contribution >= 4 is 0 Å². The predicted molar refractivity (Wildman–Crippen MR) is 83.4 cm³/mol. The van der Waals surface area contributed by atoms with Crippen molar-refractivity contribution in [1.29, 1.82) is 0 Å². The van der Waals surface area contributed by atoms with E-state index in [0.29, 0.717) is 6.04 Å². The minimum absolute atomic E-state index is 0.714. The monoisotopic (exact) mass is 266 g/mol. The number of nitrogens with one attached hydrogen (secondary N) is 1. The van der Waals surface area contributed by atoms with Gasteiger partial charge >= 0.3 is 0 Å². The molecular weight excluding hydrogens is 232 g/mol. The second kappa shape index (κ2) is 6.58. The van der Waals surface area contributed by atoms with Gasteiger partial charge in [0.25, 0.3) is 0 Å². The summed E-state index contributed by atoms with van der Waals surface area (Å²) in [6, 6.07) is 2.26. The number of hydrogen-bond donors (Lipinski definition) is 1. The molecule has 2 heteroatoms. The van der Waals surface area contributed by atoms with Crippen LogP contribution in [0.1, 0.15) is 60.3 Å². The normalized spacial score (nSPS) is 44.7. The third-order valence-corrected chi connectivity index (χ3v) is 5.30. The molecule has 112 valence electrons. The van der Waals surface area contributed by atoms with Crippen LogP contribution < -0.4 is 5.32 Å². The first-order valence-electron chi connectivity index (χ1n) is 8.52. The van der Waals surface area contributed by atoms with Crippen molar-refractivity contribution < 1.29 is 0 Å². The fourth-order valence-electron chi connectivity index (χ4n) is 4.68. The molecule has 1 aliphatic carbocycles. The Bertz CT molecular complexity index is 278. The summed E-state index contributed by atoms with van der Waals surface area (Å²) in [5.74, 6) is 2.61. The summed E-state index contributed by atoms with van der Waals surface area (Å²) in [7, 11) is 0. The van der Waals surface area contributed by atoms with Crippen LogP contribution >= 0.6 is 0 Å². The first-order chi connectivity index (χ1) is 9.02. The molecule has 2 fully saturated rings. The van der Waals surface area contributed by atoms with Gasteiger partial charge in [0.15, 0.2) is 0 Å². The Morgan fingerprint density at radius 1 is 1.00 bits per heavy atom. The summed E-state index contributed by atoms with van der Waals surface area (Å²) in [5.41, 5.74) is 0. The minimum Gasteiger partial charge on any atom is -0.312 e. The molecule has 19 heavy (non-hydrogen) atoms. The molecular formula is C17H34N2. The lowest BCUT2D eigenvalue weighted by atomic mass is 9.75. The molecule has 0 amide bonds. The third kappa shape index (κ3) is 3.52. The zero-order valence-corrected chi connectivity index (χ0v) is 13.7. The predicted octanol–water partition coefficient (Wildman–Crippen LogP) is 3.52. The first kappa shape index (κ1) is 15.3. The van der Waals surface area contributed by atoms with Crippen molar-refractivity contribution in [2.24, 2.45) is 17.8 Å². The van der Waals surface area contributed by atoms with Crippen LogP contribution in [0.15, 0.2) is 0 Å². The minimum atomic E-state index is 0.714. The Morgan fingerprint density at radius 3 is 2.32 bits per heavy atom. The lowest BCUT2D eigenvalue weighted by Gasteiger charge is -2.46. The van der Waals surface area contributed by atoms with Gasteiger partial charge in [0.1, 0.15) is 0 Å². The number of nitrogens with zero attached hydrogens (tertiary/aromatic N) is 1. The molecule has 1 saturated carbocycles. The lowest BCUT2D eigenvalue weighted by molar-refractivity contribution is 0.0553. The Balaban J connectivity index is 2.08. The summed E-state index contributed by atoms with van der Waals surface area (Å²) >= 11 is 0. The highest BCUT2D eigenvalue weighted by Crippen LogP contribution is 2.36. The van der Waals surface area contributed by atoms with Gasteiger partial charge in [0.2, 0.25) is 0 Å². The summed E-state index contributed by atoms with van der Waals surface area (Å²) < 4.78 is 0. The van der Waals surface area contributed by atoms with Crippen LogP contribution in [0.3, 0.4) is 0 Å². The van der Waals surface area contributed by atoms with E-state index in [2.05, 4.69) is 44.8 Å². The number of hydrogen-bond acceptors (Lipinski definition) is 2. The molecule has 1 saturated heterocycles. The van der Waals surface area contributed by atoms with E-state index in [9.17, 15) is 0 Å². The van der Waals surface area contributed by atoms with Crippen molar-refractivity contribution in [2.45, 2.75) is 78.4 Å². The molecule has 0 spiro atoms. The molecule has 0 radical (unpaired) electrons. The maximum absolute atomic E-state index is 3.85. The molecule has 2 aliphatic rings. The summed E-state index contributed by atoms with van der Waals surface area (Å²) in [6.45, 7) is 14.5. The molecule has 6 unspecified atom stereocenters. The van der Waals surface area contributed by atoms with Gasteiger partial charge in [0.05, 0.1) is 0 Å². The first-order valence-corrected chi connectivity index (χ1v) is 8.52. The van der Waals surface area contributed by atoms with Crippen molar-refractivity contribution in [3.05, 3.63) is 0 Å². The second-order valence-electron chi connectivity index (χ2n) is 7.49. The maximum Gasteiger partial charge on any atom is 0.0278 e. The van der Waals surface area contributed by atoms with E-state index in [-0.39, 0.29) is 0 Å². The van der Waals surface area contributed by atoms with Crippen molar-refractivity contribution in [1.82, 2.24) is 10.2 Å². The van der Waals surface area contributed by atoms with E-state index in [0.717, 1.165) is 29.8 Å². The number of rotatable bonds is 4. The average molecular weight is 266 g/mol. The highest BCUT2D eigenvalue weighted by Gasteiger charge is 2.41. The van der Waals surface area contributed by atoms with E-state index in [1.165, 1.54) is 38.8 Å². The van der Waals surface area contributed by atoms with Gasteiger partial charge in [-0.05, 0) is 56.9 Å². The topological polar surface area (TPSA) is 15.3 Å². The molecule has 6 atom stereocenters. The lowest BCUT2D eigenvalue weighted by Crippen LogP contribution is -2.57. The van der Waals surface area contributed by atoms with Crippen LogP contribution in [-0.2, 0) is 0 Å². The zero-order valence-electron chi connectivity index (χ0n) is 13.7. The van der Waals surface area contributed by atoms with E-state index in [4.69, 9.17) is 0 Å². The van der Waals surface area contributed by atoms with Crippen LogP contribution in [0.4, 0.5) is 0 Å². The fraction of sp³-hybridized carbons (Fsp3) is 1.00. The van der Waals surface area contributed by atoms with Crippen molar-refractivity contribution in [3.63, 3.8) is 0 Å². The Labute approximate surface area is 120 Å². The molecule has 0 aromatic heterocycles. The fourth-order valence-corrected chi connectivity index (χ4v) is 4.68. The summed E-state index contributed by atoms with van der Waals surface area (Å²) in [5, 5.41) is 3.85. The SMILES string of the molecule is CCCNC1CC(C)CC(C)C1N1CC(C)CC1C. The van der Waals surface area contributed by atoms with Gasteiger partial charge in [-0.3, -0.25) is 4.90 Å². The highest BCUT2D eigenvalue weighted by molar-refractivity contribution is 4.98. The van der Waals surface area contributed by atoms with Crippen LogP contribution in [-0.4, -0.2) is 36.1 Å². The van der Waals surface area contributed by atoms with Gasteiger partial charge in [-0.2, -0.15) is 0 Å². The van der Waals surface area contributed by atoms with Crippen molar-refractivity contribution in [3.8, 4) is 0 Å². The van der Waals surface area contributed by atoms with E-state index in [1.54, 1.807) is 0 Å². The molecule has 0 aromatic carbocycles. The van der Waals surface area contributed by atoms with E-state index >= 15 is 0 Å². The molecule has 0 bridgehead atoms. The molecule has 1 N–H and O–H groups in total. The molecule has 2 nitrogen and oxygen atoms in total. The maximum atomic E-state index is 3.85. The highest BCUT2D eigenvalue weighted by atomic mass is 15.2.